The SMILES string of the molecule is COC(=O)CC/C(=C(/c1ccc(NC(=O)CN2C[C@@]3(C)CN(C(=O)OC(C)(C)C)C[C@@]3(C)C2)cc1)c1ccc(OC(=O)C(C)(C)C)cc1)c1ccccc1. The highest BCUT2D eigenvalue weighted by Gasteiger charge is 2.59. The van der Waals surface area contributed by atoms with Gasteiger partial charge in [0.25, 0.3) is 0 Å². The Bertz CT molecular complexity index is 1850. The van der Waals surface area contributed by atoms with Crippen molar-refractivity contribution in [1.29, 1.82) is 0 Å². The molecule has 0 radical (unpaired) electrons. The van der Waals surface area contributed by atoms with Gasteiger partial charge in [-0.15, -0.1) is 0 Å². The predicted molar refractivity (Wildman–Crippen MR) is 211 cm³/mol. The number of methoxy groups -OCH3 is 1. The van der Waals surface area contributed by atoms with Crippen molar-refractivity contribution in [1.82, 2.24) is 9.80 Å². The molecular formula is C44H55N3O7. The second-order valence-corrected chi connectivity index (χ2v) is 17.2. The van der Waals surface area contributed by atoms with Crippen LogP contribution in [0.5, 0.6) is 5.75 Å². The first kappa shape index (κ1) is 40.2. The maximum absolute atomic E-state index is 13.4. The van der Waals surface area contributed by atoms with Gasteiger partial charge in [-0.3, -0.25) is 19.3 Å². The number of fused-ring (bicyclic) bond motifs is 1. The Hall–Kier alpha value is -4.96. The Labute approximate surface area is 319 Å². The van der Waals surface area contributed by atoms with E-state index in [1.807, 2.05) is 113 Å². The van der Waals surface area contributed by atoms with E-state index >= 15 is 0 Å². The number of hydrogen-bond donors (Lipinski definition) is 1. The summed E-state index contributed by atoms with van der Waals surface area (Å²) in [6.07, 6.45) is 0.324. The molecular weight excluding hydrogens is 682 g/mol. The third kappa shape index (κ3) is 9.58. The summed E-state index contributed by atoms with van der Waals surface area (Å²) < 4.78 is 16.3. The van der Waals surface area contributed by atoms with Gasteiger partial charge in [0.05, 0.1) is 19.1 Å². The molecule has 288 valence electrons. The molecule has 0 aromatic heterocycles. The number of ether oxygens (including phenoxy) is 3. The molecule has 2 heterocycles. The molecule has 0 spiro atoms. The Morgan fingerprint density at radius 2 is 1.28 bits per heavy atom. The van der Waals surface area contributed by atoms with Gasteiger partial charge in [-0.1, -0.05) is 68.4 Å². The minimum Gasteiger partial charge on any atom is -0.469 e. The number of benzene rings is 3. The maximum Gasteiger partial charge on any atom is 0.410 e. The van der Waals surface area contributed by atoms with E-state index < -0.39 is 11.0 Å². The second-order valence-electron chi connectivity index (χ2n) is 17.2. The van der Waals surface area contributed by atoms with Gasteiger partial charge < -0.3 is 24.4 Å². The summed E-state index contributed by atoms with van der Waals surface area (Å²) in [7, 11) is 1.38. The van der Waals surface area contributed by atoms with Crippen LogP contribution >= 0.6 is 0 Å². The van der Waals surface area contributed by atoms with E-state index in [2.05, 4.69) is 24.1 Å². The van der Waals surface area contributed by atoms with E-state index in [1.165, 1.54) is 7.11 Å². The number of hydrogen-bond acceptors (Lipinski definition) is 8. The number of carbonyl (C=O) groups is 4. The Balaban J connectivity index is 1.35. The number of amides is 2. The van der Waals surface area contributed by atoms with Gasteiger partial charge in [0, 0.05) is 49.1 Å². The molecule has 3 aromatic carbocycles. The van der Waals surface area contributed by atoms with E-state index in [4.69, 9.17) is 14.2 Å². The largest absolute Gasteiger partial charge is 0.469 e. The van der Waals surface area contributed by atoms with Crippen molar-refractivity contribution in [2.75, 3.05) is 45.2 Å². The van der Waals surface area contributed by atoms with Gasteiger partial charge in [-0.25, -0.2) is 4.79 Å². The summed E-state index contributed by atoms with van der Waals surface area (Å²) in [5.41, 5.74) is 3.71. The summed E-state index contributed by atoms with van der Waals surface area (Å²) in [6, 6.07) is 25.0. The number of anilines is 1. The molecule has 54 heavy (non-hydrogen) atoms. The fourth-order valence-electron chi connectivity index (χ4n) is 7.34. The summed E-state index contributed by atoms with van der Waals surface area (Å²) in [4.78, 5) is 55.1. The quantitative estimate of drug-likeness (QED) is 0.126. The number of esters is 2. The molecule has 0 aliphatic carbocycles. The van der Waals surface area contributed by atoms with Crippen LogP contribution in [0.2, 0.25) is 0 Å². The van der Waals surface area contributed by atoms with Crippen LogP contribution < -0.4 is 10.1 Å². The minimum absolute atomic E-state index is 0.113. The molecule has 5 rings (SSSR count). The van der Waals surface area contributed by atoms with E-state index in [1.54, 1.807) is 12.1 Å². The van der Waals surface area contributed by atoms with Gasteiger partial charge >= 0.3 is 18.0 Å². The molecule has 10 nitrogen and oxygen atoms in total. The van der Waals surface area contributed by atoms with Crippen molar-refractivity contribution in [3.8, 4) is 5.75 Å². The fraction of sp³-hybridized carbons (Fsp3) is 0.455. The van der Waals surface area contributed by atoms with E-state index in [0.717, 1.165) is 27.8 Å². The molecule has 0 unspecified atom stereocenters. The van der Waals surface area contributed by atoms with E-state index in [9.17, 15) is 19.2 Å². The van der Waals surface area contributed by atoms with Gasteiger partial charge in [0.15, 0.2) is 0 Å². The maximum atomic E-state index is 13.4. The lowest BCUT2D eigenvalue weighted by Gasteiger charge is -2.30. The molecule has 1 N–H and O–H groups in total. The predicted octanol–water partition coefficient (Wildman–Crippen LogP) is 8.07. The smallest absolute Gasteiger partial charge is 0.410 e. The van der Waals surface area contributed by atoms with Crippen molar-refractivity contribution in [2.24, 2.45) is 16.2 Å². The zero-order chi connectivity index (χ0) is 39.5. The topological polar surface area (TPSA) is 114 Å². The van der Waals surface area contributed by atoms with Crippen LogP contribution in [0.3, 0.4) is 0 Å². The van der Waals surface area contributed by atoms with Crippen LogP contribution in [0.25, 0.3) is 11.1 Å². The lowest BCUT2D eigenvalue weighted by atomic mass is 9.71. The van der Waals surface area contributed by atoms with Crippen LogP contribution in [-0.2, 0) is 23.9 Å². The molecule has 2 atom stereocenters. The molecule has 2 aliphatic rings. The number of allylic oxidation sites excluding steroid dienone is 1. The normalized spacial score (nSPS) is 20.5. The molecule has 10 heteroatoms. The number of nitrogens with zero attached hydrogens (tertiary/aromatic N) is 2. The van der Waals surface area contributed by atoms with Crippen LogP contribution in [0.1, 0.15) is 84.9 Å². The number of nitrogens with one attached hydrogen (secondary N) is 1. The molecule has 2 aliphatic heterocycles. The minimum atomic E-state index is -0.649. The van der Waals surface area contributed by atoms with Crippen LogP contribution in [0.15, 0.2) is 78.9 Å². The van der Waals surface area contributed by atoms with E-state index in [-0.39, 0.29) is 47.7 Å². The Kier molecular flexibility index (Phi) is 11.8. The molecule has 2 amide bonds. The summed E-state index contributed by atoms with van der Waals surface area (Å²) in [6.45, 7) is 18.2. The third-order valence-electron chi connectivity index (χ3n) is 10.4. The standard InChI is InChI=1S/C44H55N3O7/c1-41(2,3)39(50)53-34-21-17-32(18-22-34)38(35(23-24-37(49)52-9)30-13-11-10-12-14-30)31-15-19-33(20-16-31)45-36(48)25-46-26-43(7)28-47(29-44(43,8)27-46)40(51)54-42(4,5)6/h10-22H,23-29H2,1-9H3,(H,45,48)/b38-35+/t43-,44+. The highest BCUT2D eigenvalue weighted by molar-refractivity contribution is 6.00. The zero-order valence-corrected chi connectivity index (χ0v) is 33.2. The highest BCUT2D eigenvalue weighted by atomic mass is 16.6. The van der Waals surface area contributed by atoms with Gasteiger partial charge in [-0.05, 0) is 100 Å². The number of rotatable bonds is 10. The zero-order valence-electron chi connectivity index (χ0n) is 33.2. The third-order valence-corrected chi connectivity index (χ3v) is 10.4. The van der Waals surface area contributed by atoms with Crippen LogP contribution in [-0.4, -0.2) is 79.2 Å². The average Bonchev–Trinajstić information content (AvgIpc) is 3.49. The molecule has 2 saturated heterocycles. The molecule has 0 bridgehead atoms. The van der Waals surface area contributed by atoms with E-state index in [0.29, 0.717) is 44.0 Å². The van der Waals surface area contributed by atoms with Crippen LogP contribution in [0, 0.1) is 16.2 Å². The first-order valence-electron chi connectivity index (χ1n) is 18.6. The Morgan fingerprint density at radius 3 is 1.80 bits per heavy atom. The summed E-state index contributed by atoms with van der Waals surface area (Å²) in [5.74, 6) is -0.308. The van der Waals surface area contributed by atoms with Crippen molar-refractivity contribution in [2.45, 2.75) is 73.8 Å². The fourth-order valence-corrected chi connectivity index (χ4v) is 7.34. The Morgan fingerprint density at radius 1 is 0.722 bits per heavy atom. The average molecular weight is 738 g/mol. The lowest BCUT2D eigenvalue weighted by Crippen LogP contribution is -2.40. The van der Waals surface area contributed by atoms with Gasteiger partial charge in [0.1, 0.15) is 11.4 Å². The van der Waals surface area contributed by atoms with Crippen molar-refractivity contribution < 1.29 is 33.4 Å². The summed E-state index contributed by atoms with van der Waals surface area (Å²) >= 11 is 0. The second kappa shape index (κ2) is 15.8. The van der Waals surface area contributed by atoms with Crippen molar-refractivity contribution in [3.05, 3.63) is 95.6 Å². The first-order valence-corrected chi connectivity index (χ1v) is 18.6. The highest BCUT2D eigenvalue weighted by Crippen LogP contribution is 2.51. The van der Waals surface area contributed by atoms with Crippen molar-refractivity contribution in [3.63, 3.8) is 0 Å². The van der Waals surface area contributed by atoms with Crippen molar-refractivity contribution >= 4 is 40.8 Å². The first-order chi connectivity index (χ1) is 25.3. The lowest BCUT2D eigenvalue weighted by molar-refractivity contribution is -0.143. The van der Waals surface area contributed by atoms with Gasteiger partial charge in [0.2, 0.25) is 5.91 Å². The number of likely N-dealkylation sites (tertiary alicyclic amines) is 2. The molecule has 0 saturated carbocycles. The molecule has 2 fully saturated rings. The summed E-state index contributed by atoms with van der Waals surface area (Å²) in [5, 5.41) is 3.07. The monoisotopic (exact) mass is 737 g/mol. The number of carbonyl (C=O) groups excluding carboxylic acids is 4. The van der Waals surface area contributed by atoms with Gasteiger partial charge in [-0.2, -0.15) is 0 Å². The van der Waals surface area contributed by atoms with Crippen LogP contribution in [0.4, 0.5) is 10.5 Å². The molecule has 3 aromatic rings.